The number of fused-ring (bicyclic) bond motifs is 2. The van der Waals surface area contributed by atoms with E-state index in [0.29, 0.717) is 6.54 Å². The van der Waals surface area contributed by atoms with Crippen molar-refractivity contribution in [2.45, 2.75) is 19.4 Å². The third-order valence-corrected chi connectivity index (χ3v) is 4.93. The number of H-pyrrole nitrogens is 1. The van der Waals surface area contributed by atoms with Crippen molar-refractivity contribution in [3.8, 4) is 5.75 Å². The summed E-state index contributed by atoms with van der Waals surface area (Å²) in [6.45, 7) is 2.61. The number of benzene rings is 2. The van der Waals surface area contributed by atoms with Crippen LogP contribution in [0.4, 0.5) is 5.69 Å². The van der Waals surface area contributed by atoms with Crippen LogP contribution >= 0.6 is 0 Å². The van der Waals surface area contributed by atoms with Crippen molar-refractivity contribution in [1.82, 2.24) is 4.98 Å². The van der Waals surface area contributed by atoms with Crippen LogP contribution in [0.2, 0.25) is 0 Å². The highest BCUT2D eigenvalue weighted by atomic mass is 16.5. The maximum atomic E-state index is 5.88. The monoisotopic (exact) mass is 321 g/mol. The van der Waals surface area contributed by atoms with Gasteiger partial charge in [-0.3, -0.25) is 0 Å². The fourth-order valence-electron chi connectivity index (χ4n) is 3.74. The Balaban J connectivity index is 1.72. The number of nitrogens with two attached hydrogens (primary N) is 1. The minimum absolute atomic E-state index is 0.647. The highest BCUT2D eigenvalue weighted by Gasteiger charge is 2.21. The molecule has 2 aromatic carbocycles. The first-order valence-electron chi connectivity index (χ1n) is 8.50. The molecule has 0 bridgehead atoms. The average molecular weight is 321 g/mol. The van der Waals surface area contributed by atoms with Gasteiger partial charge in [-0.1, -0.05) is 18.2 Å². The maximum absolute atomic E-state index is 5.88. The number of hydrogen-bond donors (Lipinski definition) is 2. The summed E-state index contributed by atoms with van der Waals surface area (Å²) in [6.07, 6.45) is 1.99. The van der Waals surface area contributed by atoms with Crippen molar-refractivity contribution in [2.75, 3.05) is 25.1 Å². The van der Waals surface area contributed by atoms with Gasteiger partial charge < -0.3 is 20.4 Å². The number of anilines is 1. The van der Waals surface area contributed by atoms with Gasteiger partial charge >= 0.3 is 0 Å². The second-order valence-corrected chi connectivity index (χ2v) is 6.33. The zero-order valence-electron chi connectivity index (χ0n) is 14.0. The number of nitrogens with one attached hydrogen (secondary N) is 1. The molecule has 0 radical (unpaired) electrons. The minimum Gasteiger partial charge on any atom is -0.497 e. The standard InChI is InChI=1S/C20H23N3O/c1-24-15-6-7-18-17(12-15)16(8-10-21)19(22-18)13-23-11-9-14-4-2-3-5-20(14)23/h2-7,12,22H,8-11,13,21H2,1H3. The normalized spacial score (nSPS) is 13.5. The maximum Gasteiger partial charge on any atom is 0.119 e. The van der Waals surface area contributed by atoms with Crippen molar-refractivity contribution >= 4 is 16.6 Å². The molecule has 4 rings (SSSR count). The summed E-state index contributed by atoms with van der Waals surface area (Å²) in [7, 11) is 1.71. The largest absolute Gasteiger partial charge is 0.497 e. The fraction of sp³-hybridized carbons (Fsp3) is 0.300. The summed E-state index contributed by atoms with van der Waals surface area (Å²) < 4.78 is 5.39. The van der Waals surface area contributed by atoms with E-state index in [0.717, 1.165) is 37.2 Å². The first-order chi connectivity index (χ1) is 11.8. The molecule has 24 heavy (non-hydrogen) atoms. The molecule has 0 unspecified atom stereocenters. The van der Waals surface area contributed by atoms with Gasteiger partial charge in [0.2, 0.25) is 0 Å². The first-order valence-corrected chi connectivity index (χ1v) is 8.50. The van der Waals surface area contributed by atoms with Crippen LogP contribution < -0.4 is 15.4 Å². The molecule has 1 aliphatic rings. The molecule has 0 atom stereocenters. The molecule has 0 amide bonds. The Morgan fingerprint density at radius 2 is 2.08 bits per heavy atom. The Kier molecular flexibility index (Phi) is 3.90. The number of hydrogen-bond acceptors (Lipinski definition) is 3. The number of para-hydroxylation sites is 1. The summed E-state index contributed by atoms with van der Waals surface area (Å²) in [4.78, 5) is 6.06. The van der Waals surface area contributed by atoms with Gasteiger partial charge in [0, 0.05) is 28.8 Å². The third-order valence-electron chi connectivity index (χ3n) is 4.93. The van der Waals surface area contributed by atoms with Crippen LogP contribution in [0.5, 0.6) is 5.75 Å². The lowest BCUT2D eigenvalue weighted by molar-refractivity contribution is 0.415. The van der Waals surface area contributed by atoms with Crippen LogP contribution in [-0.4, -0.2) is 25.2 Å². The van der Waals surface area contributed by atoms with Gasteiger partial charge in [-0.25, -0.2) is 0 Å². The van der Waals surface area contributed by atoms with E-state index in [9.17, 15) is 0 Å². The second kappa shape index (κ2) is 6.21. The van der Waals surface area contributed by atoms with E-state index < -0.39 is 0 Å². The van der Waals surface area contributed by atoms with E-state index >= 15 is 0 Å². The summed E-state index contributed by atoms with van der Waals surface area (Å²) in [5.74, 6) is 0.887. The molecule has 1 aliphatic heterocycles. The van der Waals surface area contributed by atoms with Crippen molar-refractivity contribution in [3.05, 3.63) is 59.3 Å². The minimum atomic E-state index is 0.647. The molecule has 0 saturated heterocycles. The zero-order valence-corrected chi connectivity index (χ0v) is 14.0. The summed E-state index contributed by atoms with van der Waals surface area (Å²) in [6, 6.07) is 14.9. The third kappa shape index (κ3) is 2.53. The molecule has 3 N–H and O–H groups in total. The Hall–Kier alpha value is -2.46. The lowest BCUT2D eigenvalue weighted by Gasteiger charge is -2.19. The lowest BCUT2D eigenvalue weighted by Crippen LogP contribution is -2.21. The molecule has 3 aromatic rings. The number of nitrogens with zero attached hydrogens (tertiary/aromatic N) is 1. The summed E-state index contributed by atoms with van der Waals surface area (Å²) in [5, 5.41) is 1.22. The lowest BCUT2D eigenvalue weighted by atomic mass is 10.1. The predicted octanol–water partition coefficient (Wildman–Crippen LogP) is 3.24. The average Bonchev–Trinajstić information content (AvgIpc) is 3.17. The van der Waals surface area contributed by atoms with Crippen LogP contribution in [-0.2, 0) is 19.4 Å². The number of ether oxygens (including phenoxy) is 1. The number of aromatic nitrogens is 1. The van der Waals surface area contributed by atoms with Gasteiger partial charge in [0.05, 0.1) is 13.7 Å². The highest BCUT2D eigenvalue weighted by Crippen LogP contribution is 2.32. The smallest absolute Gasteiger partial charge is 0.119 e. The van der Waals surface area contributed by atoms with Gasteiger partial charge in [0.15, 0.2) is 0 Å². The summed E-state index contributed by atoms with van der Waals surface area (Å²) >= 11 is 0. The molecule has 0 spiro atoms. The fourth-order valence-corrected chi connectivity index (χ4v) is 3.74. The van der Waals surface area contributed by atoms with Crippen molar-refractivity contribution in [3.63, 3.8) is 0 Å². The van der Waals surface area contributed by atoms with Crippen molar-refractivity contribution < 1.29 is 4.74 Å². The van der Waals surface area contributed by atoms with E-state index in [1.54, 1.807) is 7.11 Å². The molecule has 0 aliphatic carbocycles. The second-order valence-electron chi connectivity index (χ2n) is 6.33. The van der Waals surface area contributed by atoms with Gasteiger partial charge in [0.1, 0.15) is 5.75 Å². The molecule has 1 aromatic heterocycles. The van der Waals surface area contributed by atoms with E-state index in [-0.39, 0.29) is 0 Å². The van der Waals surface area contributed by atoms with E-state index in [2.05, 4.69) is 46.3 Å². The Labute approximate surface area is 142 Å². The van der Waals surface area contributed by atoms with Gasteiger partial charge in [0.25, 0.3) is 0 Å². The quantitative estimate of drug-likeness (QED) is 0.758. The predicted molar refractivity (Wildman–Crippen MR) is 98.8 cm³/mol. The molecular formula is C20H23N3O. The SMILES string of the molecule is COc1ccc2[nH]c(CN3CCc4ccccc43)c(CCN)c2c1. The van der Waals surface area contributed by atoms with Gasteiger partial charge in [-0.2, -0.15) is 0 Å². The molecule has 0 fully saturated rings. The van der Waals surface area contributed by atoms with Crippen LogP contribution in [0.1, 0.15) is 16.8 Å². The van der Waals surface area contributed by atoms with E-state index in [1.807, 2.05) is 6.07 Å². The Morgan fingerprint density at radius 1 is 1.21 bits per heavy atom. The molecular weight excluding hydrogens is 298 g/mol. The van der Waals surface area contributed by atoms with E-state index in [4.69, 9.17) is 10.5 Å². The van der Waals surface area contributed by atoms with Gasteiger partial charge in [-0.15, -0.1) is 0 Å². The zero-order chi connectivity index (χ0) is 16.5. The van der Waals surface area contributed by atoms with Crippen LogP contribution in [0.25, 0.3) is 10.9 Å². The molecule has 2 heterocycles. The van der Waals surface area contributed by atoms with Crippen molar-refractivity contribution in [1.29, 1.82) is 0 Å². The molecule has 4 heteroatoms. The van der Waals surface area contributed by atoms with Crippen LogP contribution in [0.3, 0.4) is 0 Å². The Morgan fingerprint density at radius 3 is 2.92 bits per heavy atom. The topological polar surface area (TPSA) is 54.3 Å². The Bertz CT molecular complexity index is 868. The highest BCUT2D eigenvalue weighted by molar-refractivity contribution is 5.86. The van der Waals surface area contributed by atoms with Gasteiger partial charge in [-0.05, 0) is 54.8 Å². The molecule has 4 nitrogen and oxygen atoms in total. The van der Waals surface area contributed by atoms with Crippen molar-refractivity contribution in [2.24, 2.45) is 5.73 Å². The number of rotatable bonds is 5. The summed E-state index contributed by atoms with van der Waals surface area (Å²) in [5.41, 5.74) is 12.4. The van der Waals surface area contributed by atoms with Crippen LogP contribution in [0, 0.1) is 0 Å². The number of methoxy groups -OCH3 is 1. The molecule has 0 saturated carbocycles. The van der Waals surface area contributed by atoms with Crippen LogP contribution in [0.15, 0.2) is 42.5 Å². The molecule has 124 valence electrons. The van der Waals surface area contributed by atoms with E-state index in [1.165, 1.54) is 27.9 Å². The number of aromatic amines is 1. The first kappa shape index (κ1) is 15.1.